The van der Waals surface area contributed by atoms with E-state index < -0.39 is 0 Å². The summed E-state index contributed by atoms with van der Waals surface area (Å²) in [6.07, 6.45) is 8.80. The standard InChI is InChI=1S/C15H19N5/c1-10-6-17-14(18-7-10)15-19-9-12-5-11(8-16-2)3-4-13(12)20-15/h6-7,9,11,16H,3-5,8H2,1-2H3. The molecule has 5 heteroatoms. The highest BCUT2D eigenvalue weighted by Gasteiger charge is 2.20. The summed E-state index contributed by atoms with van der Waals surface area (Å²) in [6, 6.07) is 0. The summed E-state index contributed by atoms with van der Waals surface area (Å²) in [6.45, 7) is 3.03. The number of rotatable bonds is 3. The molecule has 1 unspecified atom stereocenters. The highest BCUT2D eigenvalue weighted by Crippen LogP contribution is 2.24. The van der Waals surface area contributed by atoms with Gasteiger partial charge in [-0.3, -0.25) is 0 Å². The molecule has 0 bridgehead atoms. The lowest BCUT2D eigenvalue weighted by Gasteiger charge is -2.23. The average molecular weight is 269 g/mol. The monoisotopic (exact) mass is 269 g/mol. The topological polar surface area (TPSA) is 63.6 Å². The normalized spacial score (nSPS) is 17.8. The summed E-state index contributed by atoms with van der Waals surface area (Å²) in [5.74, 6) is 1.93. The minimum Gasteiger partial charge on any atom is -0.319 e. The Morgan fingerprint density at radius 2 is 1.90 bits per heavy atom. The summed E-state index contributed by atoms with van der Waals surface area (Å²) >= 11 is 0. The highest BCUT2D eigenvalue weighted by molar-refractivity contribution is 5.43. The van der Waals surface area contributed by atoms with Crippen LogP contribution in [0.1, 0.15) is 23.2 Å². The number of hydrogen-bond donors (Lipinski definition) is 1. The van der Waals surface area contributed by atoms with E-state index in [1.165, 1.54) is 12.0 Å². The van der Waals surface area contributed by atoms with Gasteiger partial charge in [0.1, 0.15) is 0 Å². The lowest BCUT2D eigenvalue weighted by molar-refractivity contribution is 0.434. The van der Waals surface area contributed by atoms with Gasteiger partial charge in [0.25, 0.3) is 0 Å². The molecule has 1 aliphatic carbocycles. The Balaban J connectivity index is 1.85. The van der Waals surface area contributed by atoms with E-state index in [2.05, 4.69) is 25.3 Å². The van der Waals surface area contributed by atoms with Gasteiger partial charge in [0.2, 0.25) is 0 Å². The summed E-state index contributed by atoms with van der Waals surface area (Å²) in [5, 5.41) is 3.25. The first-order chi connectivity index (χ1) is 9.76. The minimum atomic E-state index is 0.607. The smallest absolute Gasteiger partial charge is 0.197 e. The summed E-state index contributed by atoms with van der Waals surface area (Å²) in [7, 11) is 2.00. The Morgan fingerprint density at radius 1 is 1.15 bits per heavy atom. The van der Waals surface area contributed by atoms with Crippen LogP contribution in [0.2, 0.25) is 0 Å². The van der Waals surface area contributed by atoms with Gasteiger partial charge in [-0.1, -0.05) is 0 Å². The quantitative estimate of drug-likeness (QED) is 0.916. The van der Waals surface area contributed by atoms with Crippen molar-refractivity contribution in [1.29, 1.82) is 0 Å². The Kier molecular flexibility index (Phi) is 3.69. The van der Waals surface area contributed by atoms with E-state index in [-0.39, 0.29) is 0 Å². The first kappa shape index (κ1) is 13.1. The van der Waals surface area contributed by atoms with Gasteiger partial charge >= 0.3 is 0 Å². The Bertz CT molecular complexity index is 594. The van der Waals surface area contributed by atoms with Crippen LogP contribution < -0.4 is 5.32 Å². The number of aromatic nitrogens is 4. The van der Waals surface area contributed by atoms with Gasteiger partial charge in [-0.15, -0.1) is 0 Å². The maximum Gasteiger partial charge on any atom is 0.197 e. The molecule has 104 valence electrons. The van der Waals surface area contributed by atoms with Gasteiger partial charge in [0, 0.05) is 24.3 Å². The molecule has 0 radical (unpaired) electrons. The van der Waals surface area contributed by atoms with Crippen LogP contribution >= 0.6 is 0 Å². The van der Waals surface area contributed by atoms with E-state index in [9.17, 15) is 0 Å². The molecule has 1 N–H and O–H groups in total. The molecule has 3 rings (SSSR count). The van der Waals surface area contributed by atoms with Crippen LogP contribution in [-0.2, 0) is 12.8 Å². The van der Waals surface area contributed by atoms with Gasteiger partial charge in [-0.05, 0) is 56.8 Å². The lowest BCUT2D eigenvalue weighted by Crippen LogP contribution is -2.25. The largest absolute Gasteiger partial charge is 0.319 e. The second-order valence-corrected chi connectivity index (χ2v) is 5.42. The van der Waals surface area contributed by atoms with Crippen molar-refractivity contribution in [1.82, 2.24) is 25.3 Å². The predicted molar refractivity (Wildman–Crippen MR) is 77.2 cm³/mol. The Labute approximate surface area is 118 Å². The minimum absolute atomic E-state index is 0.607. The van der Waals surface area contributed by atoms with E-state index in [1.807, 2.05) is 20.2 Å². The fraction of sp³-hybridized carbons (Fsp3) is 0.467. The van der Waals surface area contributed by atoms with Gasteiger partial charge < -0.3 is 5.32 Å². The van der Waals surface area contributed by atoms with Crippen LogP contribution in [-0.4, -0.2) is 33.5 Å². The Hall–Kier alpha value is -1.88. The number of hydrogen-bond acceptors (Lipinski definition) is 5. The first-order valence-corrected chi connectivity index (χ1v) is 7.04. The van der Waals surface area contributed by atoms with E-state index in [0.29, 0.717) is 17.6 Å². The molecule has 2 aromatic rings. The maximum atomic E-state index is 4.65. The number of nitrogens with zero attached hydrogens (tertiary/aromatic N) is 4. The second kappa shape index (κ2) is 5.63. The molecule has 0 spiro atoms. The fourth-order valence-corrected chi connectivity index (χ4v) is 2.66. The van der Waals surface area contributed by atoms with Crippen LogP contribution in [0.5, 0.6) is 0 Å². The van der Waals surface area contributed by atoms with Gasteiger partial charge in [-0.2, -0.15) is 0 Å². The van der Waals surface area contributed by atoms with E-state index in [4.69, 9.17) is 0 Å². The SMILES string of the molecule is CNCC1CCc2nc(-c3ncc(C)cn3)ncc2C1. The molecule has 2 aromatic heterocycles. The highest BCUT2D eigenvalue weighted by atomic mass is 15.0. The molecule has 0 aliphatic heterocycles. The second-order valence-electron chi connectivity index (χ2n) is 5.42. The molecule has 1 atom stereocenters. The molecule has 2 heterocycles. The van der Waals surface area contributed by atoms with Crippen molar-refractivity contribution in [3.63, 3.8) is 0 Å². The fourth-order valence-electron chi connectivity index (χ4n) is 2.66. The number of nitrogens with one attached hydrogen (secondary N) is 1. The van der Waals surface area contributed by atoms with Crippen molar-refractivity contribution in [2.24, 2.45) is 5.92 Å². The predicted octanol–water partition coefficient (Wildman–Crippen LogP) is 1.57. The van der Waals surface area contributed by atoms with E-state index >= 15 is 0 Å². The van der Waals surface area contributed by atoms with Crippen molar-refractivity contribution in [3.8, 4) is 11.6 Å². The molecular weight excluding hydrogens is 250 g/mol. The zero-order valence-electron chi connectivity index (χ0n) is 11.9. The van der Waals surface area contributed by atoms with Crippen molar-refractivity contribution in [3.05, 3.63) is 35.4 Å². The number of fused-ring (bicyclic) bond motifs is 1. The summed E-state index contributed by atoms with van der Waals surface area (Å²) < 4.78 is 0. The van der Waals surface area contributed by atoms with E-state index in [0.717, 1.165) is 30.6 Å². The van der Waals surface area contributed by atoms with Gasteiger partial charge in [-0.25, -0.2) is 19.9 Å². The molecule has 0 saturated heterocycles. The van der Waals surface area contributed by atoms with Crippen LogP contribution in [0.25, 0.3) is 11.6 Å². The molecule has 0 fully saturated rings. The third kappa shape index (κ3) is 2.67. The Morgan fingerprint density at radius 3 is 2.65 bits per heavy atom. The van der Waals surface area contributed by atoms with Crippen LogP contribution in [0.3, 0.4) is 0 Å². The summed E-state index contributed by atoms with van der Waals surface area (Å²) in [4.78, 5) is 17.7. The molecule has 0 saturated carbocycles. The van der Waals surface area contributed by atoms with Crippen LogP contribution in [0.4, 0.5) is 0 Å². The molecule has 0 aromatic carbocycles. The van der Waals surface area contributed by atoms with Crippen molar-refractivity contribution < 1.29 is 0 Å². The van der Waals surface area contributed by atoms with Crippen LogP contribution in [0.15, 0.2) is 18.6 Å². The van der Waals surface area contributed by atoms with E-state index in [1.54, 1.807) is 12.4 Å². The number of aryl methyl sites for hydroxylation is 2. The first-order valence-electron chi connectivity index (χ1n) is 7.04. The van der Waals surface area contributed by atoms with Gasteiger partial charge in [0.05, 0.1) is 0 Å². The van der Waals surface area contributed by atoms with Crippen molar-refractivity contribution in [2.75, 3.05) is 13.6 Å². The third-order valence-electron chi connectivity index (χ3n) is 3.73. The zero-order valence-corrected chi connectivity index (χ0v) is 11.9. The van der Waals surface area contributed by atoms with Crippen molar-refractivity contribution in [2.45, 2.75) is 26.2 Å². The zero-order chi connectivity index (χ0) is 13.9. The summed E-state index contributed by atoms with van der Waals surface area (Å²) in [5.41, 5.74) is 3.47. The lowest BCUT2D eigenvalue weighted by atomic mass is 9.87. The molecule has 1 aliphatic rings. The third-order valence-corrected chi connectivity index (χ3v) is 3.73. The molecular formula is C15H19N5. The van der Waals surface area contributed by atoms with Crippen LogP contribution in [0, 0.1) is 12.8 Å². The molecule has 20 heavy (non-hydrogen) atoms. The molecule has 0 amide bonds. The van der Waals surface area contributed by atoms with Crippen molar-refractivity contribution >= 4 is 0 Å². The molecule has 5 nitrogen and oxygen atoms in total. The van der Waals surface area contributed by atoms with Gasteiger partial charge in [0.15, 0.2) is 11.6 Å². The maximum absolute atomic E-state index is 4.65. The average Bonchev–Trinajstić information content (AvgIpc) is 2.48.